The van der Waals surface area contributed by atoms with Gasteiger partial charge in [-0.05, 0) is 19.3 Å². The third-order valence-electron chi connectivity index (χ3n) is 2.82. The summed E-state index contributed by atoms with van der Waals surface area (Å²) in [6, 6.07) is 0. The van der Waals surface area contributed by atoms with Crippen molar-refractivity contribution in [1.82, 2.24) is 4.90 Å². The number of hydrogen-bond acceptors (Lipinski definition) is 2. The number of nitrogens with two attached hydrogens (primary N) is 1. The average Bonchev–Trinajstić information content (AvgIpc) is 2.41. The van der Waals surface area contributed by atoms with Crippen LogP contribution in [0, 0.1) is 18.3 Å². The zero-order valence-corrected chi connectivity index (χ0v) is 9.45. The van der Waals surface area contributed by atoms with Gasteiger partial charge in [-0.1, -0.05) is 0 Å². The molecule has 1 atom stereocenters. The fourth-order valence-electron chi connectivity index (χ4n) is 1.91. The number of primary amides is 1. The van der Waals surface area contributed by atoms with Crippen LogP contribution < -0.4 is 5.73 Å². The number of likely N-dealkylation sites (tertiary alicyclic amines) is 1. The van der Waals surface area contributed by atoms with E-state index in [1.54, 1.807) is 4.90 Å². The summed E-state index contributed by atoms with van der Waals surface area (Å²) >= 11 is 0. The Bertz CT molecular complexity index is 307. The standard InChI is InChI=1S/C12H18N2O2/c1-2-10-5-3-7-12(16)14(9-10)8-4-6-11(13)15/h1,10H,3-9H2,(H2,13,15). The van der Waals surface area contributed by atoms with Gasteiger partial charge in [-0.3, -0.25) is 9.59 Å². The van der Waals surface area contributed by atoms with E-state index in [0.29, 0.717) is 32.4 Å². The van der Waals surface area contributed by atoms with Gasteiger partial charge in [-0.15, -0.1) is 12.3 Å². The SMILES string of the molecule is C#CC1CCCC(=O)N(CCCC(N)=O)C1. The Morgan fingerprint density at radius 2 is 2.38 bits per heavy atom. The molecule has 0 aromatic rings. The quantitative estimate of drug-likeness (QED) is 0.705. The molecule has 4 nitrogen and oxygen atoms in total. The molecule has 1 heterocycles. The number of rotatable bonds is 4. The second-order valence-corrected chi connectivity index (χ2v) is 4.17. The van der Waals surface area contributed by atoms with Crippen molar-refractivity contribution in [3.8, 4) is 12.3 Å². The normalized spacial score (nSPS) is 21.3. The van der Waals surface area contributed by atoms with Gasteiger partial charge < -0.3 is 10.6 Å². The van der Waals surface area contributed by atoms with Gasteiger partial charge >= 0.3 is 0 Å². The first-order valence-corrected chi connectivity index (χ1v) is 5.65. The summed E-state index contributed by atoms with van der Waals surface area (Å²) in [5.41, 5.74) is 5.05. The Balaban J connectivity index is 2.44. The maximum absolute atomic E-state index is 11.7. The Kier molecular flexibility index (Phi) is 4.84. The Hall–Kier alpha value is -1.50. The van der Waals surface area contributed by atoms with Gasteiger partial charge in [0.25, 0.3) is 0 Å². The van der Waals surface area contributed by atoms with Crippen molar-refractivity contribution in [3.05, 3.63) is 0 Å². The highest BCUT2D eigenvalue weighted by molar-refractivity contribution is 5.77. The van der Waals surface area contributed by atoms with Crippen molar-refractivity contribution < 1.29 is 9.59 Å². The molecule has 1 saturated heterocycles. The number of hydrogen-bond donors (Lipinski definition) is 1. The van der Waals surface area contributed by atoms with Gasteiger partial charge in [0, 0.05) is 31.8 Å². The molecular weight excluding hydrogens is 204 g/mol. The summed E-state index contributed by atoms with van der Waals surface area (Å²) in [5.74, 6) is 2.68. The molecule has 4 heteroatoms. The van der Waals surface area contributed by atoms with Gasteiger partial charge in [0.15, 0.2) is 0 Å². The van der Waals surface area contributed by atoms with Gasteiger partial charge in [-0.2, -0.15) is 0 Å². The molecule has 0 aromatic carbocycles. The lowest BCUT2D eigenvalue weighted by atomic mass is 10.0. The topological polar surface area (TPSA) is 63.4 Å². The molecular formula is C12H18N2O2. The lowest BCUT2D eigenvalue weighted by Gasteiger charge is -2.22. The second-order valence-electron chi connectivity index (χ2n) is 4.17. The molecule has 1 aliphatic rings. The molecule has 0 radical (unpaired) electrons. The lowest BCUT2D eigenvalue weighted by Crippen LogP contribution is -2.34. The first kappa shape index (κ1) is 12.6. The highest BCUT2D eigenvalue weighted by Gasteiger charge is 2.21. The van der Waals surface area contributed by atoms with Crippen molar-refractivity contribution in [2.24, 2.45) is 11.7 Å². The molecule has 0 saturated carbocycles. The molecule has 2 N–H and O–H groups in total. The summed E-state index contributed by atoms with van der Waals surface area (Å²) in [4.78, 5) is 24.1. The fourth-order valence-corrected chi connectivity index (χ4v) is 1.91. The van der Waals surface area contributed by atoms with E-state index in [4.69, 9.17) is 12.2 Å². The van der Waals surface area contributed by atoms with E-state index in [2.05, 4.69) is 5.92 Å². The molecule has 0 bridgehead atoms. The third kappa shape index (κ3) is 3.93. The van der Waals surface area contributed by atoms with E-state index in [0.717, 1.165) is 12.8 Å². The van der Waals surface area contributed by atoms with E-state index in [1.165, 1.54) is 0 Å². The van der Waals surface area contributed by atoms with Crippen LogP contribution >= 0.6 is 0 Å². The maximum Gasteiger partial charge on any atom is 0.222 e. The molecule has 1 rings (SSSR count). The van der Waals surface area contributed by atoms with E-state index < -0.39 is 0 Å². The summed E-state index contributed by atoms with van der Waals surface area (Å²) in [6.45, 7) is 1.20. The largest absolute Gasteiger partial charge is 0.370 e. The zero-order chi connectivity index (χ0) is 12.0. The number of carbonyl (C=O) groups excluding carboxylic acids is 2. The highest BCUT2D eigenvalue weighted by Crippen LogP contribution is 2.17. The average molecular weight is 222 g/mol. The van der Waals surface area contributed by atoms with Crippen LogP contribution in [-0.4, -0.2) is 29.8 Å². The summed E-state index contributed by atoms with van der Waals surface area (Å²) in [7, 11) is 0. The first-order valence-electron chi connectivity index (χ1n) is 5.65. The second kappa shape index (κ2) is 6.16. The minimum Gasteiger partial charge on any atom is -0.370 e. The molecule has 88 valence electrons. The molecule has 0 aromatic heterocycles. The van der Waals surface area contributed by atoms with Crippen LogP contribution in [0.4, 0.5) is 0 Å². The minimum absolute atomic E-state index is 0.141. The predicted molar refractivity (Wildman–Crippen MR) is 61.2 cm³/mol. The van der Waals surface area contributed by atoms with Crippen LogP contribution in [0.2, 0.25) is 0 Å². The van der Waals surface area contributed by atoms with E-state index in [-0.39, 0.29) is 17.7 Å². The Morgan fingerprint density at radius 1 is 1.62 bits per heavy atom. The monoisotopic (exact) mass is 222 g/mol. The van der Waals surface area contributed by atoms with Gasteiger partial charge in [0.1, 0.15) is 0 Å². The number of terminal acetylenes is 1. The van der Waals surface area contributed by atoms with E-state index in [9.17, 15) is 9.59 Å². The van der Waals surface area contributed by atoms with Crippen molar-refractivity contribution in [3.63, 3.8) is 0 Å². The van der Waals surface area contributed by atoms with Crippen molar-refractivity contribution in [2.75, 3.05) is 13.1 Å². The van der Waals surface area contributed by atoms with E-state index in [1.807, 2.05) is 0 Å². The molecule has 1 aliphatic heterocycles. The van der Waals surface area contributed by atoms with Gasteiger partial charge in [0.2, 0.25) is 11.8 Å². The smallest absolute Gasteiger partial charge is 0.222 e. The van der Waals surface area contributed by atoms with Crippen LogP contribution in [0.3, 0.4) is 0 Å². The highest BCUT2D eigenvalue weighted by atomic mass is 16.2. The fraction of sp³-hybridized carbons (Fsp3) is 0.667. The molecule has 0 aliphatic carbocycles. The molecule has 1 fully saturated rings. The van der Waals surface area contributed by atoms with Crippen molar-refractivity contribution >= 4 is 11.8 Å². The maximum atomic E-state index is 11.7. The predicted octanol–water partition coefficient (Wildman–Crippen LogP) is 0.514. The third-order valence-corrected chi connectivity index (χ3v) is 2.82. The molecule has 2 amide bonds. The summed E-state index contributed by atoms with van der Waals surface area (Å²) in [5, 5.41) is 0. The minimum atomic E-state index is -0.323. The van der Waals surface area contributed by atoms with Crippen molar-refractivity contribution in [1.29, 1.82) is 0 Å². The van der Waals surface area contributed by atoms with Gasteiger partial charge in [0.05, 0.1) is 0 Å². The Labute approximate surface area is 96.2 Å². The molecule has 1 unspecified atom stereocenters. The summed E-state index contributed by atoms with van der Waals surface area (Å²) in [6.07, 6.45) is 8.68. The first-order chi connectivity index (χ1) is 7.63. The van der Waals surface area contributed by atoms with Crippen LogP contribution in [0.1, 0.15) is 32.1 Å². The number of carbonyl (C=O) groups is 2. The van der Waals surface area contributed by atoms with Crippen LogP contribution in [0.15, 0.2) is 0 Å². The lowest BCUT2D eigenvalue weighted by molar-refractivity contribution is -0.131. The number of nitrogens with zero attached hydrogens (tertiary/aromatic N) is 1. The molecule has 16 heavy (non-hydrogen) atoms. The van der Waals surface area contributed by atoms with Crippen LogP contribution in [0.25, 0.3) is 0 Å². The Morgan fingerprint density at radius 3 is 3.00 bits per heavy atom. The summed E-state index contributed by atoms with van der Waals surface area (Å²) < 4.78 is 0. The van der Waals surface area contributed by atoms with Crippen LogP contribution in [0.5, 0.6) is 0 Å². The number of amides is 2. The van der Waals surface area contributed by atoms with Crippen molar-refractivity contribution in [2.45, 2.75) is 32.1 Å². The zero-order valence-electron chi connectivity index (χ0n) is 9.45. The van der Waals surface area contributed by atoms with E-state index >= 15 is 0 Å². The molecule has 0 spiro atoms. The van der Waals surface area contributed by atoms with Gasteiger partial charge in [-0.25, -0.2) is 0 Å². The van der Waals surface area contributed by atoms with Crippen LogP contribution in [-0.2, 0) is 9.59 Å².